The minimum atomic E-state index is 0. The van der Waals surface area contributed by atoms with E-state index in [-0.39, 0.29) is 51.0 Å². The molecule has 0 radical (unpaired) electrons. The van der Waals surface area contributed by atoms with Crippen LogP contribution in [0.1, 0.15) is 17.5 Å². The van der Waals surface area contributed by atoms with Crippen molar-refractivity contribution < 1.29 is 51.0 Å². The van der Waals surface area contributed by atoms with Crippen LogP contribution in [0.3, 0.4) is 0 Å². The molecule has 2 aliphatic rings. The molecule has 0 saturated heterocycles. The quantitative estimate of drug-likeness (QED) is 0.277. The molecule has 2 aliphatic carbocycles. The number of aromatic nitrogens is 1. The summed E-state index contributed by atoms with van der Waals surface area (Å²) in [6, 6.07) is 16.3. The van der Waals surface area contributed by atoms with E-state index in [1.165, 1.54) is 33.3 Å². The number of hydrogen-bond donors (Lipinski definition) is 0. The van der Waals surface area contributed by atoms with E-state index >= 15 is 0 Å². The topological polar surface area (TPSA) is 4.93 Å². The molecule has 0 fully saturated rings. The molecular formula is C21H16BrCl2NZr. The summed E-state index contributed by atoms with van der Waals surface area (Å²) in [4.78, 5) is 0. The Morgan fingerprint density at radius 2 is 1.85 bits per heavy atom. The Morgan fingerprint density at radius 3 is 2.50 bits per heavy atom. The van der Waals surface area contributed by atoms with Crippen LogP contribution in [-0.4, -0.2) is 4.57 Å². The average Bonchev–Trinajstić information content (AvgIpc) is 3.28. The van der Waals surface area contributed by atoms with Crippen molar-refractivity contribution in [2.75, 3.05) is 0 Å². The van der Waals surface area contributed by atoms with Gasteiger partial charge in [-0.05, 0) is 23.7 Å². The number of aryl methyl sites for hydroxylation is 1. The molecule has 0 atom stereocenters. The number of hydrogen-bond acceptors (Lipinski definition) is 0. The van der Waals surface area contributed by atoms with Crippen LogP contribution in [0, 0.1) is 12.1 Å². The van der Waals surface area contributed by atoms with Gasteiger partial charge in [-0.1, -0.05) is 38.6 Å². The second kappa shape index (κ2) is 10.1. The van der Waals surface area contributed by atoms with Gasteiger partial charge in [0, 0.05) is 18.0 Å². The van der Waals surface area contributed by atoms with Crippen molar-refractivity contribution in [3.05, 3.63) is 82.4 Å². The van der Waals surface area contributed by atoms with Gasteiger partial charge in [-0.25, -0.2) is 12.2 Å². The second-order valence-electron chi connectivity index (χ2n) is 5.78. The van der Waals surface area contributed by atoms with E-state index in [1.807, 2.05) is 12.2 Å². The maximum absolute atomic E-state index is 3.50. The molecule has 3 aromatic rings. The first-order valence-corrected chi connectivity index (χ1v) is 8.54. The fourth-order valence-corrected chi connectivity index (χ4v) is 3.75. The molecule has 130 valence electrons. The smallest absolute Gasteiger partial charge is 1.00 e. The van der Waals surface area contributed by atoms with Crippen LogP contribution in [0.2, 0.25) is 0 Å². The van der Waals surface area contributed by atoms with E-state index in [9.17, 15) is 0 Å². The van der Waals surface area contributed by atoms with Crippen molar-refractivity contribution >= 4 is 26.8 Å². The molecular weight excluding hydrogens is 508 g/mol. The minimum Gasteiger partial charge on any atom is -1.00 e. The first-order valence-electron chi connectivity index (χ1n) is 7.75. The molecule has 5 rings (SSSR count). The summed E-state index contributed by atoms with van der Waals surface area (Å²) in [6.07, 6.45) is 11.0. The largest absolute Gasteiger partial charge is 4.00 e. The van der Waals surface area contributed by atoms with Gasteiger partial charge in [-0.15, -0.1) is 17.5 Å². The molecule has 0 bridgehead atoms. The van der Waals surface area contributed by atoms with Crippen LogP contribution in [0.4, 0.5) is 0 Å². The summed E-state index contributed by atoms with van der Waals surface area (Å²) in [5.74, 6) is 0. The zero-order valence-corrected chi connectivity index (χ0v) is 19.7. The van der Waals surface area contributed by atoms with Crippen molar-refractivity contribution in [1.82, 2.24) is 4.57 Å². The van der Waals surface area contributed by atoms with Crippen molar-refractivity contribution in [2.24, 2.45) is 7.05 Å². The van der Waals surface area contributed by atoms with Gasteiger partial charge in [-0.2, -0.15) is 24.3 Å². The molecule has 1 aromatic heterocycles. The third-order valence-corrected chi connectivity index (χ3v) is 4.86. The SMILES string of the molecule is Cn1c2c(c3ccccc31)Cc1[c-]c(Br)ccc1-2.[C-]1=CC=CC1.[Cl-].[Cl-].[Zr+4]. The Bertz CT molecular complexity index is 950. The second-order valence-corrected chi connectivity index (χ2v) is 6.64. The summed E-state index contributed by atoms with van der Waals surface area (Å²) >= 11 is 3.50. The zero-order chi connectivity index (χ0) is 15.8. The Balaban J connectivity index is 0.000000372. The third kappa shape index (κ3) is 4.28. The molecule has 5 heteroatoms. The molecule has 0 N–H and O–H groups in total. The van der Waals surface area contributed by atoms with Gasteiger partial charge in [0.15, 0.2) is 0 Å². The summed E-state index contributed by atoms with van der Waals surface area (Å²) < 4.78 is 3.34. The van der Waals surface area contributed by atoms with Gasteiger partial charge in [0.25, 0.3) is 0 Å². The third-order valence-electron chi connectivity index (χ3n) is 4.40. The molecule has 2 aromatic carbocycles. The number of halogens is 3. The zero-order valence-electron chi connectivity index (χ0n) is 14.2. The maximum atomic E-state index is 3.50. The van der Waals surface area contributed by atoms with E-state index in [2.05, 4.69) is 82.2 Å². The van der Waals surface area contributed by atoms with Crippen molar-refractivity contribution in [2.45, 2.75) is 12.8 Å². The van der Waals surface area contributed by atoms with Crippen LogP contribution in [0.5, 0.6) is 0 Å². The molecule has 0 saturated carbocycles. The van der Waals surface area contributed by atoms with Crippen molar-refractivity contribution in [1.29, 1.82) is 0 Å². The minimum absolute atomic E-state index is 0. The van der Waals surface area contributed by atoms with Crippen molar-refractivity contribution in [3.63, 3.8) is 0 Å². The van der Waals surface area contributed by atoms with Crippen LogP contribution < -0.4 is 24.8 Å². The summed E-state index contributed by atoms with van der Waals surface area (Å²) in [5.41, 5.74) is 6.74. The van der Waals surface area contributed by atoms with Gasteiger partial charge >= 0.3 is 26.2 Å². The normalized spacial score (nSPS) is 12.2. The van der Waals surface area contributed by atoms with E-state index in [0.29, 0.717) is 0 Å². The predicted molar refractivity (Wildman–Crippen MR) is 99.3 cm³/mol. The monoisotopic (exact) mass is 521 g/mol. The van der Waals surface area contributed by atoms with Crippen molar-refractivity contribution in [3.8, 4) is 11.3 Å². The van der Waals surface area contributed by atoms with E-state index in [4.69, 9.17) is 0 Å². The van der Waals surface area contributed by atoms with Crippen LogP contribution in [0.15, 0.2) is 59.1 Å². The molecule has 0 amide bonds. The van der Waals surface area contributed by atoms with E-state index in [0.717, 1.165) is 17.3 Å². The fraction of sp³-hybridized carbons (Fsp3) is 0.143. The molecule has 0 aliphatic heterocycles. The van der Waals surface area contributed by atoms with Gasteiger partial charge in [-0.3, -0.25) is 6.08 Å². The Hall–Kier alpha value is -0.597. The summed E-state index contributed by atoms with van der Waals surface area (Å²) in [5, 5.41) is 1.37. The fourth-order valence-electron chi connectivity index (χ4n) is 3.38. The molecule has 0 spiro atoms. The van der Waals surface area contributed by atoms with Crippen LogP contribution in [0.25, 0.3) is 22.2 Å². The Morgan fingerprint density at radius 1 is 1.08 bits per heavy atom. The number of nitrogens with zero attached hydrogens (tertiary/aromatic N) is 1. The standard InChI is InChI=1S/C16H11BrN.C5H5.2ClH.Zr/c1-18-15-5-3-2-4-13(15)14-9-10-8-11(17)6-7-12(10)16(14)18;1-2-4-5-3-1;;;/h2-7H,9H2,1H3;1-3H,4H2;2*1H;/q2*-1;;;+4/p-2. The van der Waals surface area contributed by atoms with E-state index in [1.54, 1.807) is 0 Å². The summed E-state index contributed by atoms with van der Waals surface area (Å²) in [6.45, 7) is 0. The molecule has 26 heavy (non-hydrogen) atoms. The molecule has 1 heterocycles. The number of rotatable bonds is 0. The van der Waals surface area contributed by atoms with E-state index < -0.39 is 0 Å². The number of benzene rings is 2. The number of fused-ring (bicyclic) bond motifs is 5. The Labute approximate surface area is 194 Å². The van der Waals surface area contributed by atoms with Gasteiger partial charge in [0.2, 0.25) is 0 Å². The molecule has 0 unspecified atom stereocenters. The molecule has 1 nitrogen and oxygen atoms in total. The average molecular weight is 524 g/mol. The first-order chi connectivity index (χ1) is 11.3. The van der Waals surface area contributed by atoms with Gasteiger partial charge in [0.1, 0.15) is 0 Å². The van der Waals surface area contributed by atoms with Gasteiger partial charge in [0.05, 0.1) is 0 Å². The van der Waals surface area contributed by atoms with Gasteiger partial charge < -0.3 is 29.4 Å². The number of para-hydroxylation sites is 1. The van der Waals surface area contributed by atoms with Crippen LogP contribution in [-0.2, 0) is 39.7 Å². The van der Waals surface area contributed by atoms with Crippen LogP contribution >= 0.6 is 15.9 Å². The maximum Gasteiger partial charge on any atom is 4.00 e. The number of allylic oxidation sites excluding steroid dienone is 4. The first kappa shape index (κ1) is 23.4. The Kier molecular flexibility index (Phi) is 9.09. The predicted octanol–water partition coefficient (Wildman–Crippen LogP) is -0.377. The summed E-state index contributed by atoms with van der Waals surface area (Å²) in [7, 11) is 2.15.